The summed E-state index contributed by atoms with van der Waals surface area (Å²) < 4.78 is 5.69. The zero-order chi connectivity index (χ0) is 12.5. The van der Waals surface area contributed by atoms with Crippen molar-refractivity contribution in [2.75, 3.05) is 12.3 Å². The number of fused-ring (bicyclic) bond motifs is 1. The van der Waals surface area contributed by atoms with Crippen LogP contribution in [0.3, 0.4) is 0 Å². The van der Waals surface area contributed by atoms with Gasteiger partial charge in [-0.2, -0.15) is 0 Å². The third-order valence-electron chi connectivity index (χ3n) is 2.99. The molecule has 0 radical (unpaired) electrons. The van der Waals surface area contributed by atoms with Gasteiger partial charge in [-0.3, -0.25) is 0 Å². The molecule has 0 bridgehead atoms. The van der Waals surface area contributed by atoms with Gasteiger partial charge in [0.15, 0.2) is 0 Å². The molecule has 0 saturated heterocycles. The molecule has 3 heteroatoms. The molecule has 1 heterocycles. The predicted octanol–water partition coefficient (Wildman–Crippen LogP) is 3.09. The Bertz CT molecular complexity index is 615. The van der Waals surface area contributed by atoms with Crippen LogP contribution >= 0.6 is 0 Å². The van der Waals surface area contributed by atoms with E-state index in [0.29, 0.717) is 12.3 Å². The smallest absolute Gasteiger partial charge is 0.145 e. The maximum absolute atomic E-state index is 5.76. The van der Waals surface area contributed by atoms with Crippen molar-refractivity contribution in [2.45, 2.75) is 6.92 Å². The lowest BCUT2D eigenvalue weighted by molar-refractivity contribution is 0.373. The van der Waals surface area contributed by atoms with Crippen molar-refractivity contribution in [2.24, 2.45) is 4.99 Å². The molecule has 18 heavy (non-hydrogen) atoms. The number of nitrogens with zero attached hydrogens (tertiary/aromatic N) is 1. The highest BCUT2D eigenvalue weighted by molar-refractivity contribution is 6.04. The zero-order valence-electron chi connectivity index (χ0n) is 10.2. The SMILES string of the molecule is Cc1ccc(C2=Nc3cc(N)ccc3OC2)cc1. The molecule has 0 unspecified atom stereocenters. The number of hydrogen-bond donors (Lipinski definition) is 1. The molecule has 90 valence electrons. The molecule has 0 aromatic heterocycles. The van der Waals surface area contributed by atoms with E-state index in [1.165, 1.54) is 5.56 Å². The number of ether oxygens (including phenoxy) is 1. The number of benzene rings is 2. The maximum Gasteiger partial charge on any atom is 0.145 e. The number of aliphatic imine (C=N–C) groups is 1. The minimum Gasteiger partial charge on any atom is -0.485 e. The molecule has 0 atom stereocenters. The molecular weight excluding hydrogens is 224 g/mol. The lowest BCUT2D eigenvalue weighted by Crippen LogP contribution is -2.16. The Balaban J connectivity index is 2.02. The molecule has 0 spiro atoms. The summed E-state index contributed by atoms with van der Waals surface area (Å²) in [6.07, 6.45) is 0. The first-order valence-electron chi connectivity index (χ1n) is 5.89. The molecule has 2 N–H and O–H groups in total. The van der Waals surface area contributed by atoms with Crippen LogP contribution < -0.4 is 10.5 Å². The molecule has 0 aliphatic carbocycles. The predicted molar refractivity (Wildman–Crippen MR) is 73.7 cm³/mol. The van der Waals surface area contributed by atoms with Crippen LogP contribution in [-0.2, 0) is 0 Å². The summed E-state index contributed by atoms with van der Waals surface area (Å²) in [4.78, 5) is 4.62. The molecule has 3 rings (SSSR count). The van der Waals surface area contributed by atoms with Crippen LogP contribution in [0.25, 0.3) is 0 Å². The summed E-state index contributed by atoms with van der Waals surface area (Å²) >= 11 is 0. The third-order valence-corrected chi connectivity index (χ3v) is 2.99. The second-order valence-electron chi connectivity index (χ2n) is 4.44. The number of nitrogens with two attached hydrogens (primary N) is 1. The first-order chi connectivity index (χ1) is 8.72. The van der Waals surface area contributed by atoms with Gasteiger partial charge in [-0.15, -0.1) is 0 Å². The number of hydrogen-bond acceptors (Lipinski definition) is 3. The first kappa shape index (κ1) is 10.8. The highest BCUT2D eigenvalue weighted by Gasteiger charge is 2.14. The quantitative estimate of drug-likeness (QED) is 0.776. The summed E-state index contributed by atoms with van der Waals surface area (Å²) in [5, 5.41) is 0. The molecule has 0 fully saturated rings. The monoisotopic (exact) mass is 238 g/mol. The Hall–Kier alpha value is -2.29. The van der Waals surface area contributed by atoms with E-state index in [1.807, 2.05) is 18.2 Å². The van der Waals surface area contributed by atoms with Crippen molar-refractivity contribution in [3.8, 4) is 5.75 Å². The summed E-state index contributed by atoms with van der Waals surface area (Å²) in [5.41, 5.74) is 10.5. The maximum atomic E-state index is 5.76. The number of anilines is 1. The van der Waals surface area contributed by atoms with Crippen molar-refractivity contribution in [1.82, 2.24) is 0 Å². The van der Waals surface area contributed by atoms with E-state index in [-0.39, 0.29) is 0 Å². The van der Waals surface area contributed by atoms with E-state index in [1.54, 1.807) is 0 Å². The standard InChI is InChI=1S/C15H14N2O/c1-10-2-4-11(5-3-10)14-9-18-15-7-6-12(16)8-13(15)17-14/h2-8H,9,16H2,1H3. The largest absolute Gasteiger partial charge is 0.485 e. The van der Waals surface area contributed by atoms with E-state index in [4.69, 9.17) is 10.5 Å². The topological polar surface area (TPSA) is 47.6 Å². The van der Waals surface area contributed by atoms with E-state index < -0.39 is 0 Å². The molecule has 1 aliphatic heterocycles. The van der Waals surface area contributed by atoms with Gasteiger partial charge < -0.3 is 10.5 Å². The average molecular weight is 238 g/mol. The minimum atomic E-state index is 0.500. The van der Waals surface area contributed by atoms with Crippen LogP contribution in [0.2, 0.25) is 0 Å². The molecular formula is C15H14N2O. The van der Waals surface area contributed by atoms with Crippen molar-refractivity contribution in [3.63, 3.8) is 0 Å². The fourth-order valence-corrected chi connectivity index (χ4v) is 1.96. The van der Waals surface area contributed by atoms with Crippen molar-refractivity contribution in [3.05, 3.63) is 53.6 Å². The van der Waals surface area contributed by atoms with E-state index in [0.717, 1.165) is 22.7 Å². The summed E-state index contributed by atoms with van der Waals surface area (Å²) in [7, 11) is 0. The number of nitrogen functional groups attached to an aromatic ring is 1. The van der Waals surface area contributed by atoms with Gasteiger partial charge in [0.25, 0.3) is 0 Å². The Morgan fingerprint density at radius 3 is 2.67 bits per heavy atom. The molecule has 1 aliphatic rings. The van der Waals surface area contributed by atoms with Crippen molar-refractivity contribution < 1.29 is 4.74 Å². The van der Waals surface area contributed by atoms with Crippen LogP contribution in [0.4, 0.5) is 11.4 Å². The van der Waals surface area contributed by atoms with Gasteiger partial charge in [-0.05, 0) is 30.7 Å². The lowest BCUT2D eigenvalue weighted by Gasteiger charge is -2.17. The third kappa shape index (κ3) is 1.95. The van der Waals surface area contributed by atoms with Gasteiger partial charge in [0.2, 0.25) is 0 Å². The molecule has 0 amide bonds. The highest BCUT2D eigenvalue weighted by Crippen LogP contribution is 2.33. The van der Waals surface area contributed by atoms with Crippen LogP contribution in [0.5, 0.6) is 5.75 Å². The van der Waals surface area contributed by atoms with Crippen LogP contribution in [0.15, 0.2) is 47.5 Å². The van der Waals surface area contributed by atoms with E-state index >= 15 is 0 Å². The molecule has 0 saturated carbocycles. The van der Waals surface area contributed by atoms with Crippen LogP contribution in [-0.4, -0.2) is 12.3 Å². The summed E-state index contributed by atoms with van der Waals surface area (Å²) in [6.45, 7) is 2.57. The Morgan fingerprint density at radius 1 is 1.11 bits per heavy atom. The van der Waals surface area contributed by atoms with Crippen molar-refractivity contribution >= 4 is 17.1 Å². The first-order valence-corrected chi connectivity index (χ1v) is 5.89. The highest BCUT2D eigenvalue weighted by atomic mass is 16.5. The zero-order valence-corrected chi connectivity index (χ0v) is 10.2. The summed E-state index contributed by atoms with van der Waals surface area (Å²) in [5.74, 6) is 0.792. The second kappa shape index (κ2) is 4.18. The van der Waals surface area contributed by atoms with Gasteiger partial charge in [0.1, 0.15) is 18.0 Å². The minimum absolute atomic E-state index is 0.500. The van der Waals surface area contributed by atoms with Gasteiger partial charge in [-0.25, -0.2) is 4.99 Å². The average Bonchev–Trinajstić information content (AvgIpc) is 2.38. The second-order valence-corrected chi connectivity index (χ2v) is 4.44. The van der Waals surface area contributed by atoms with Gasteiger partial charge >= 0.3 is 0 Å². The summed E-state index contributed by atoms with van der Waals surface area (Å²) in [6, 6.07) is 13.8. The van der Waals surface area contributed by atoms with Crippen molar-refractivity contribution in [1.29, 1.82) is 0 Å². The molecule has 2 aromatic rings. The Morgan fingerprint density at radius 2 is 1.89 bits per heavy atom. The number of rotatable bonds is 1. The van der Waals surface area contributed by atoms with E-state index in [2.05, 4.69) is 36.2 Å². The fourth-order valence-electron chi connectivity index (χ4n) is 1.96. The lowest BCUT2D eigenvalue weighted by atomic mass is 10.1. The fraction of sp³-hybridized carbons (Fsp3) is 0.133. The molecule has 3 nitrogen and oxygen atoms in total. The Labute approximate surface area is 106 Å². The Kier molecular flexibility index (Phi) is 2.52. The van der Waals surface area contributed by atoms with E-state index in [9.17, 15) is 0 Å². The number of aryl methyl sites for hydroxylation is 1. The van der Waals surface area contributed by atoms with Gasteiger partial charge in [0, 0.05) is 5.69 Å². The van der Waals surface area contributed by atoms with Gasteiger partial charge in [-0.1, -0.05) is 29.8 Å². The van der Waals surface area contributed by atoms with Crippen LogP contribution in [0, 0.1) is 6.92 Å². The normalized spacial score (nSPS) is 13.5. The van der Waals surface area contributed by atoms with Crippen LogP contribution in [0.1, 0.15) is 11.1 Å². The van der Waals surface area contributed by atoms with Gasteiger partial charge in [0.05, 0.1) is 5.71 Å². The molecule has 2 aromatic carbocycles.